The molecule has 6 nitrogen and oxygen atoms in total. The number of anilines is 3. The zero-order chi connectivity index (χ0) is 19.9. The van der Waals surface area contributed by atoms with Crippen LogP contribution in [-0.2, 0) is 11.2 Å². The van der Waals surface area contributed by atoms with Crippen molar-refractivity contribution >= 4 is 45.5 Å². The fourth-order valence-corrected chi connectivity index (χ4v) is 4.35. The molecule has 0 aliphatic heterocycles. The highest BCUT2D eigenvalue weighted by Gasteiger charge is 2.18. The van der Waals surface area contributed by atoms with Crippen LogP contribution in [0.5, 0.6) is 5.75 Å². The lowest BCUT2D eigenvalue weighted by molar-refractivity contribution is -0.115. The maximum Gasteiger partial charge on any atom is 0.237 e. The first-order chi connectivity index (χ1) is 13.6. The number of hydrogen-bond donors (Lipinski definition) is 2. The number of hydrogen-bond acceptors (Lipinski definition) is 7. The molecule has 1 atom stereocenters. The number of ether oxygens (including phenoxy) is 1. The van der Waals surface area contributed by atoms with Gasteiger partial charge in [-0.2, -0.15) is 0 Å². The molecule has 1 amide bonds. The van der Waals surface area contributed by atoms with Crippen LogP contribution in [0.4, 0.5) is 16.5 Å². The molecule has 3 rings (SSSR count). The number of carbonyl (C=O) groups is 1. The summed E-state index contributed by atoms with van der Waals surface area (Å²) in [6, 6.07) is 15.5. The van der Waals surface area contributed by atoms with Crippen molar-refractivity contribution in [3.63, 3.8) is 0 Å². The maximum atomic E-state index is 12.4. The molecule has 28 heavy (non-hydrogen) atoms. The van der Waals surface area contributed by atoms with Gasteiger partial charge in [-0.05, 0) is 43.2 Å². The summed E-state index contributed by atoms with van der Waals surface area (Å²) >= 11 is 2.78. The molecule has 146 valence electrons. The van der Waals surface area contributed by atoms with E-state index in [1.807, 2.05) is 55.5 Å². The smallest absolute Gasteiger partial charge is 0.237 e. The zero-order valence-electron chi connectivity index (χ0n) is 15.9. The molecular formula is C20H22N4O2S2. The topological polar surface area (TPSA) is 76.1 Å². The van der Waals surface area contributed by atoms with E-state index in [-0.39, 0.29) is 11.2 Å². The Bertz CT molecular complexity index is 928. The monoisotopic (exact) mass is 414 g/mol. The average Bonchev–Trinajstić information content (AvgIpc) is 3.15. The minimum atomic E-state index is -0.294. The molecule has 0 saturated carbocycles. The van der Waals surface area contributed by atoms with Crippen molar-refractivity contribution in [1.82, 2.24) is 10.2 Å². The van der Waals surface area contributed by atoms with Crippen molar-refractivity contribution in [2.45, 2.75) is 29.9 Å². The zero-order valence-corrected chi connectivity index (χ0v) is 17.6. The summed E-state index contributed by atoms with van der Waals surface area (Å²) in [5.74, 6) is 0.664. The molecule has 0 saturated heterocycles. The number of carbonyl (C=O) groups excluding carboxylic acids is 1. The number of nitrogens with zero attached hydrogens (tertiary/aromatic N) is 2. The molecule has 0 aliphatic carbocycles. The molecule has 0 fully saturated rings. The van der Waals surface area contributed by atoms with Gasteiger partial charge in [-0.25, -0.2) is 0 Å². The first-order valence-electron chi connectivity index (χ1n) is 8.89. The third kappa shape index (κ3) is 5.24. The van der Waals surface area contributed by atoms with Gasteiger partial charge in [-0.1, -0.05) is 54.3 Å². The molecule has 3 aromatic rings. The van der Waals surface area contributed by atoms with E-state index < -0.39 is 0 Å². The van der Waals surface area contributed by atoms with E-state index in [0.29, 0.717) is 5.13 Å². The predicted octanol–water partition coefficient (Wildman–Crippen LogP) is 4.97. The first-order valence-corrected chi connectivity index (χ1v) is 10.6. The van der Waals surface area contributed by atoms with Crippen LogP contribution < -0.4 is 15.4 Å². The molecule has 1 aromatic heterocycles. The summed E-state index contributed by atoms with van der Waals surface area (Å²) in [5.41, 5.74) is 2.86. The first kappa shape index (κ1) is 20.2. The summed E-state index contributed by atoms with van der Waals surface area (Å²) in [5, 5.41) is 14.8. The second-order valence-corrected chi connectivity index (χ2v) is 8.56. The Morgan fingerprint density at radius 3 is 2.64 bits per heavy atom. The highest BCUT2D eigenvalue weighted by molar-refractivity contribution is 8.02. The van der Waals surface area contributed by atoms with Gasteiger partial charge in [0.15, 0.2) is 4.34 Å². The Morgan fingerprint density at radius 1 is 1.18 bits per heavy atom. The van der Waals surface area contributed by atoms with Crippen LogP contribution in [0.3, 0.4) is 0 Å². The van der Waals surface area contributed by atoms with Crippen LogP contribution in [0.2, 0.25) is 0 Å². The van der Waals surface area contributed by atoms with Crippen molar-refractivity contribution in [3.8, 4) is 5.75 Å². The lowest BCUT2D eigenvalue weighted by Gasteiger charge is -2.10. The standard InChI is InChI=1S/C20H22N4O2S2/c1-4-14-9-11-15(12-10-14)21-18(25)13(2)27-20-24-23-19(28-20)22-16-7-5-6-8-17(16)26-3/h5-13H,4H2,1-3H3,(H,21,25)(H,22,23)/t13-/m1/s1. The van der Waals surface area contributed by atoms with Crippen molar-refractivity contribution in [3.05, 3.63) is 54.1 Å². The van der Waals surface area contributed by atoms with E-state index in [9.17, 15) is 4.79 Å². The van der Waals surface area contributed by atoms with Crippen molar-refractivity contribution in [2.75, 3.05) is 17.7 Å². The fourth-order valence-electron chi connectivity index (χ4n) is 2.44. The van der Waals surface area contributed by atoms with Crippen LogP contribution in [0.25, 0.3) is 0 Å². The number of aromatic nitrogens is 2. The van der Waals surface area contributed by atoms with Gasteiger partial charge in [0.05, 0.1) is 18.0 Å². The molecule has 0 radical (unpaired) electrons. The molecule has 2 aromatic carbocycles. The second kappa shape index (κ2) is 9.57. The average molecular weight is 415 g/mol. The van der Waals surface area contributed by atoms with Gasteiger partial charge in [-0.3, -0.25) is 4.79 Å². The summed E-state index contributed by atoms with van der Waals surface area (Å²) in [7, 11) is 1.62. The highest BCUT2D eigenvalue weighted by atomic mass is 32.2. The Kier molecular flexibility index (Phi) is 6.89. The van der Waals surface area contributed by atoms with E-state index in [0.717, 1.165) is 27.9 Å². The Balaban J connectivity index is 1.58. The van der Waals surface area contributed by atoms with E-state index in [2.05, 4.69) is 27.8 Å². The van der Waals surface area contributed by atoms with Gasteiger partial charge >= 0.3 is 0 Å². The Morgan fingerprint density at radius 2 is 1.93 bits per heavy atom. The summed E-state index contributed by atoms with van der Waals surface area (Å²) in [6.07, 6.45) is 0.975. The number of para-hydroxylation sites is 2. The van der Waals surface area contributed by atoms with E-state index in [4.69, 9.17) is 4.74 Å². The molecule has 2 N–H and O–H groups in total. The van der Waals surface area contributed by atoms with Crippen molar-refractivity contribution < 1.29 is 9.53 Å². The molecule has 1 heterocycles. The van der Waals surface area contributed by atoms with Crippen LogP contribution in [-0.4, -0.2) is 28.5 Å². The van der Waals surface area contributed by atoms with Crippen molar-refractivity contribution in [1.29, 1.82) is 0 Å². The van der Waals surface area contributed by atoms with Gasteiger partial charge < -0.3 is 15.4 Å². The number of nitrogens with one attached hydrogen (secondary N) is 2. The highest BCUT2D eigenvalue weighted by Crippen LogP contribution is 2.33. The van der Waals surface area contributed by atoms with Crippen LogP contribution >= 0.6 is 23.1 Å². The van der Waals surface area contributed by atoms with Crippen LogP contribution in [0.1, 0.15) is 19.4 Å². The molecule has 0 unspecified atom stereocenters. The lowest BCUT2D eigenvalue weighted by atomic mass is 10.1. The molecule has 0 bridgehead atoms. The van der Waals surface area contributed by atoms with Crippen LogP contribution in [0, 0.1) is 0 Å². The second-order valence-electron chi connectivity index (χ2n) is 6.00. The van der Waals surface area contributed by atoms with E-state index in [1.54, 1.807) is 7.11 Å². The van der Waals surface area contributed by atoms with Gasteiger partial charge in [0.1, 0.15) is 5.75 Å². The summed E-state index contributed by atoms with van der Waals surface area (Å²) < 4.78 is 6.05. The molecular weight excluding hydrogens is 392 g/mol. The predicted molar refractivity (Wildman–Crippen MR) is 116 cm³/mol. The Labute approximate surface area is 172 Å². The van der Waals surface area contributed by atoms with Crippen LogP contribution in [0.15, 0.2) is 52.9 Å². The number of thioether (sulfide) groups is 1. The fraction of sp³-hybridized carbons (Fsp3) is 0.250. The number of rotatable bonds is 8. The normalized spacial score (nSPS) is 11.7. The van der Waals surface area contributed by atoms with E-state index in [1.165, 1.54) is 28.7 Å². The largest absolute Gasteiger partial charge is 0.495 e. The molecule has 0 aliphatic rings. The van der Waals surface area contributed by atoms with Crippen molar-refractivity contribution in [2.24, 2.45) is 0 Å². The third-order valence-corrected chi connectivity index (χ3v) is 6.05. The number of benzene rings is 2. The lowest BCUT2D eigenvalue weighted by Crippen LogP contribution is -2.22. The van der Waals surface area contributed by atoms with Gasteiger partial charge in [0.2, 0.25) is 11.0 Å². The Hall–Kier alpha value is -2.58. The minimum absolute atomic E-state index is 0.0660. The SMILES string of the molecule is CCc1ccc(NC(=O)[C@@H](C)Sc2nnc(Nc3ccccc3OC)s2)cc1. The van der Waals surface area contributed by atoms with Gasteiger partial charge in [0.25, 0.3) is 0 Å². The number of aryl methyl sites for hydroxylation is 1. The third-order valence-electron chi connectivity index (χ3n) is 4.03. The maximum absolute atomic E-state index is 12.4. The summed E-state index contributed by atoms with van der Waals surface area (Å²) in [4.78, 5) is 12.4. The number of methoxy groups -OCH3 is 1. The quantitative estimate of drug-likeness (QED) is 0.507. The molecule has 0 spiro atoms. The number of amides is 1. The van der Waals surface area contributed by atoms with Gasteiger partial charge in [-0.15, -0.1) is 10.2 Å². The molecule has 8 heteroatoms. The van der Waals surface area contributed by atoms with Gasteiger partial charge in [0, 0.05) is 5.69 Å². The van der Waals surface area contributed by atoms with E-state index >= 15 is 0 Å². The summed E-state index contributed by atoms with van der Waals surface area (Å²) in [6.45, 7) is 3.96. The minimum Gasteiger partial charge on any atom is -0.495 e.